The van der Waals surface area contributed by atoms with Crippen LogP contribution in [0.5, 0.6) is 11.5 Å². The van der Waals surface area contributed by atoms with Crippen LogP contribution in [0.4, 0.5) is 19.0 Å². The summed E-state index contributed by atoms with van der Waals surface area (Å²) in [6, 6.07) is 9.80. The van der Waals surface area contributed by atoms with E-state index in [0.29, 0.717) is 5.69 Å². The van der Waals surface area contributed by atoms with Crippen molar-refractivity contribution < 1.29 is 27.4 Å². The number of aromatic nitrogens is 2. The van der Waals surface area contributed by atoms with Crippen LogP contribution in [0.1, 0.15) is 21.6 Å². The lowest BCUT2D eigenvalue weighted by Gasteiger charge is -2.11. The van der Waals surface area contributed by atoms with Crippen LogP contribution in [-0.4, -0.2) is 29.4 Å². The fourth-order valence-electron chi connectivity index (χ4n) is 2.76. The second kappa shape index (κ2) is 9.08. The summed E-state index contributed by atoms with van der Waals surface area (Å²) in [5, 5.41) is 7.13. The van der Waals surface area contributed by atoms with E-state index in [0.717, 1.165) is 0 Å². The predicted molar refractivity (Wildman–Crippen MR) is 105 cm³/mol. The van der Waals surface area contributed by atoms with Gasteiger partial charge in [-0.3, -0.25) is 9.48 Å². The van der Waals surface area contributed by atoms with Gasteiger partial charge in [0.05, 0.1) is 13.7 Å². The van der Waals surface area contributed by atoms with Crippen LogP contribution in [0, 0.1) is 12.7 Å². The van der Waals surface area contributed by atoms with Crippen LogP contribution < -0.4 is 14.8 Å². The first kappa shape index (κ1) is 21.5. The number of carbonyl (C=O) groups excluding carboxylic acids is 1. The minimum atomic E-state index is -3.02. The van der Waals surface area contributed by atoms with E-state index in [-0.39, 0.29) is 40.0 Å². The fourth-order valence-corrected chi connectivity index (χ4v) is 2.98. The molecule has 0 bridgehead atoms. The molecule has 1 amide bonds. The highest BCUT2D eigenvalue weighted by atomic mass is 35.5. The normalized spacial score (nSPS) is 10.9. The average Bonchev–Trinajstić information content (AvgIpc) is 3.03. The molecule has 30 heavy (non-hydrogen) atoms. The maximum absolute atomic E-state index is 14.0. The van der Waals surface area contributed by atoms with Gasteiger partial charge in [0.15, 0.2) is 17.3 Å². The first-order chi connectivity index (χ1) is 14.3. The quantitative estimate of drug-likeness (QED) is 0.569. The van der Waals surface area contributed by atoms with Crippen molar-refractivity contribution >= 4 is 23.3 Å². The molecular weight excluding hydrogens is 423 g/mol. The summed E-state index contributed by atoms with van der Waals surface area (Å²) in [7, 11) is 1.27. The number of ether oxygens (including phenoxy) is 2. The molecule has 0 unspecified atom stereocenters. The molecule has 0 saturated carbocycles. The van der Waals surface area contributed by atoms with Gasteiger partial charge in [0.2, 0.25) is 0 Å². The Morgan fingerprint density at radius 2 is 2.00 bits per heavy atom. The standard InChI is InChI=1S/C20H17ClF3N3O3/c1-11-8-18(26-27(11)10-13-14(21)4-3-5-15(13)22)25-19(28)12-6-7-16(30-20(23)24)17(9-12)29-2/h3-9,20H,10H2,1-2H3,(H,25,26,28). The molecule has 1 N–H and O–H groups in total. The number of anilines is 1. The summed E-state index contributed by atoms with van der Waals surface area (Å²) in [6.07, 6.45) is 0. The molecule has 0 aliphatic rings. The zero-order valence-electron chi connectivity index (χ0n) is 16.0. The summed E-state index contributed by atoms with van der Waals surface area (Å²) in [5.41, 5.74) is 1.10. The highest BCUT2D eigenvalue weighted by Crippen LogP contribution is 2.30. The average molecular weight is 440 g/mol. The largest absolute Gasteiger partial charge is 0.493 e. The first-order valence-corrected chi connectivity index (χ1v) is 9.08. The third-order valence-corrected chi connectivity index (χ3v) is 4.59. The Hall–Kier alpha value is -3.20. The lowest BCUT2D eigenvalue weighted by molar-refractivity contribution is -0.0512. The molecule has 3 aromatic rings. The first-order valence-electron chi connectivity index (χ1n) is 8.70. The lowest BCUT2D eigenvalue weighted by Crippen LogP contribution is -2.13. The smallest absolute Gasteiger partial charge is 0.387 e. The van der Waals surface area contributed by atoms with E-state index in [4.69, 9.17) is 16.3 Å². The van der Waals surface area contributed by atoms with Gasteiger partial charge in [-0.15, -0.1) is 0 Å². The molecule has 0 aliphatic heterocycles. The third kappa shape index (κ3) is 4.85. The molecule has 10 heteroatoms. The Balaban J connectivity index is 1.77. The Morgan fingerprint density at radius 1 is 1.23 bits per heavy atom. The van der Waals surface area contributed by atoms with Gasteiger partial charge in [0.1, 0.15) is 5.82 Å². The van der Waals surface area contributed by atoms with Crippen LogP contribution in [0.2, 0.25) is 5.02 Å². The summed E-state index contributed by atoms with van der Waals surface area (Å²) in [5.74, 6) is -0.965. The summed E-state index contributed by atoms with van der Waals surface area (Å²) in [4.78, 5) is 12.5. The van der Waals surface area contributed by atoms with Crippen molar-refractivity contribution in [2.75, 3.05) is 12.4 Å². The second-order valence-corrected chi connectivity index (χ2v) is 6.63. The summed E-state index contributed by atoms with van der Waals surface area (Å²) >= 11 is 6.06. The number of hydrogen-bond acceptors (Lipinski definition) is 4. The highest BCUT2D eigenvalue weighted by molar-refractivity contribution is 6.31. The number of aryl methyl sites for hydroxylation is 1. The number of benzene rings is 2. The van der Waals surface area contributed by atoms with E-state index in [9.17, 15) is 18.0 Å². The zero-order chi connectivity index (χ0) is 21.8. The third-order valence-electron chi connectivity index (χ3n) is 4.23. The van der Waals surface area contributed by atoms with Crippen LogP contribution in [0.15, 0.2) is 42.5 Å². The van der Waals surface area contributed by atoms with E-state index in [1.807, 2.05) is 0 Å². The van der Waals surface area contributed by atoms with Crippen LogP contribution in [-0.2, 0) is 6.54 Å². The molecule has 3 rings (SSSR count). The number of methoxy groups -OCH3 is 1. The highest BCUT2D eigenvalue weighted by Gasteiger charge is 2.16. The van der Waals surface area contributed by atoms with Gasteiger partial charge in [-0.2, -0.15) is 13.9 Å². The lowest BCUT2D eigenvalue weighted by atomic mass is 10.2. The van der Waals surface area contributed by atoms with Crippen molar-refractivity contribution in [3.8, 4) is 11.5 Å². The fraction of sp³-hybridized carbons (Fsp3) is 0.200. The van der Waals surface area contributed by atoms with Gasteiger partial charge in [-0.05, 0) is 37.3 Å². The molecule has 0 aliphatic carbocycles. The summed E-state index contributed by atoms with van der Waals surface area (Å²) < 4.78 is 49.7. The summed E-state index contributed by atoms with van der Waals surface area (Å²) in [6.45, 7) is -1.19. The zero-order valence-corrected chi connectivity index (χ0v) is 16.7. The Bertz CT molecular complexity index is 1050. The number of alkyl halides is 2. The number of amides is 1. The molecule has 0 radical (unpaired) electrons. The van der Waals surface area contributed by atoms with Crippen LogP contribution in [0.3, 0.4) is 0 Å². The number of rotatable bonds is 7. The maximum atomic E-state index is 14.0. The van der Waals surface area contributed by atoms with Gasteiger partial charge in [-0.25, -0.2) is 4.39 Å². The molecule has 0 fully saturated rings. The Kier molecular flexibility index (Phi) is 6.51. The molecule has 0 saturated heterocycles. The molecule has 158 valence electrons. The minimum Gasteiger partial charge on any atom is -0.493 e. The minimum absolute atomic E-state index is 0.0149. The predicted octanol–water partition coefficient (Wildman–Crippen LogP) is 4.89. The Morgan fingerprint density at radius 3 is 2.67 bits per heavy atom. The van der Waals surface area contributed by atoms with Gasteiger partial charge in [0, 0.05) is 27.9 Å². The molecule has 0 atom stereocenters. The van der Waals surface area contributed by atoms with E-state index < -0.39 is 18.3 Å². The Labute approximate surface area is 175 Å². The van der Waals surface area contributed by atoms with E-state index in [1.165, 1.54) is 42.1 Å². The molecular formula is C20H17ClF3N3O3. The van der Waals surface area contributed by atoms with Crippen LogP contribution >= 0.6 is 11.6 Å². The second-order valence-electron chi connectivity index (χ2n) is 6.23. The number of halogens is 4. The number of nitrogens with one attached hydrogen (secondary N) is 1. The maximum Gasteiger partial charge on any atom is 0.387 e. The van der Waals surface area contributed by atoms with Crippen molar-refractivity contribution in [1.82, 2.24) is 9.78 Å². The molecule has 0 spiro atoms. The molecule has 2 aromatic carbocycles. The van der Waals surface area contributed by atoms with Gasteiger partial charge in [-0.1, -0.05) is 17.7 Å². The topological polar surface area (TPSA) is 65.4 Å². The van der Waals surface area contributed by atoms with Crippen molar-refractivity contribution in [2.45, 2.75) is 20.1 Å². The van der Waals surface area contributed by atoms with E-state index >= 15 is 0 Å². The number of carbonyl (C=O) groups is 1. The van der Waals surface area contributed by atoms with Gasteiger partial charge >= 0.3 is 6.61 Å². The van der Waals surface area contributed by atoms with Crippen molar-refractivity contribution in [3.63, 3.8) is 0 Å². The molecule has 1 heterocycles. The van der Waals surface area contributed by atoms with E-state index in [2.05, 4.69) is 15.2 Å². The van der Waals surface area contributed by atoms with Crippen molar-refractivity contribution in [2.24, 2.45) is 0 Å². The van der Waals surface area contributed by atoms with Gasteiger partial charge in [0.25, 0.3) is 5.91 Å². The number of nitrogens with zero attached hydrogens (tertiary/aromatic N) is 2. The van der Waals surface area contributed by atoms with Crippen molar-refractivity contribution in [3.05, 3.63) is 70.1 Å². The number of hydrogen-bond donors (Lipinski definition) is 1. The molecule has 1 aromatic heterocycles. The van der Waals surface area contributed by atoms with Crippen molar-refractivity contribution in [1.29, 1.82) is 0 Å². The van der Waals surface area contributed by atoms with E-state index in [1.54, 1.807) is 19.1 Å². The van der Waals surface area contributed by atoms with Crippen LogP contribution in [0.25, 0.3) is 0 Å². The van der Waals surface area contributed by atoms with Gasteiger partial charge < -0.3 is 14.8 Å². The monoisotopic (exact) mass is 439 g/mol. The molecule has 6 nitrogen and oxygen atoms in total. The SMILES string of the molecule is COc1cc(C(=O)Nc2cc(C)n(Cc3c(F)cccc3Cl)n2)ccc1OC(F)F.